The van der Waals surface area contributed by atoms with Gasteiger partial charge in [-0.2, -0.15) is 5.10 Å². The van der Waals surface area contributed by atoms with Gasteiger partial charge in [0.15, 0.2) is 0 Å². The van der Waals surface area contributed by atoms with Crippen LogP contribution < -0.4 is 5.32 Å². The summed E-state index contributed by atoms with van der Waals surface area (Å²) in [6.45, 7) is 1.97. The number of aliphatic carboxylic acids is 1. The Labute approximate surface area is 121 Å². The number of nitrogens with one attached hydrogen (secondary N) is 2. The molecule has 0 aliphatic carbocycles. The van der Waals surface area contributed by atoms with Crippen LogP contribution in [0.4, 0.5) is 5.69 Å². The maximum absolute atomic E-state index is 12.0. The molecule has 21 heavy (non-hydrogen) atoms. The number of carbonyl (C=O) groups is 2. The topological polar surface area (TPSA) is 95.1 Å². The first-order valence-electron chi connectivity index (χ1n) is 6.44. The molecular formula is C15H15N3O3. The summed E-state index contributed by atoms with van der Waals surface area (Å²) in [6, 6.07) is 5.37. The van der Waals surface area contributed by atoms with Crippen molar-refractivity contribution in [3.8, 4) is 0 Å². The van der Waals surface area contributed by atoms with Crippen LogP contribution in [0.3, 0.4) is 0 Å². The minimum Gasteiger partial charge on any atom is -0.478 e. The number of hydrogen-bond acceptors (Lipinski definition) is 3. The van der Waals surface area contributed by atoms with E-state index in [1.807, 2.05) is 13.0 Å². The van der Waals surface area contributed by atoms with Crippen molar-refractivity contribution in [3.05, 3.63) is 53.4 Å². The maximum Gasteiger partial charge on any atom is 0.328 e. The third kappa shape index (κ3) is 3.79. The monoisotopic (exact) mass is 285 g/mol. The molecule has 0 saturated carbocycles. The fraction of sp³-hybridized carbons (Fsp3) is 0.133. The van der Waals surface area contributed by atoms with E-state index in [0.29, 0.717) is 11.3 Å². The van der Waals surface area contributed by atoms with Crippen LogP contribution in [0.2, 0.25) is 0 Å². The highest BCUT2D eigenvalue weighted by Crippen LogP contribution is 2.20. The van der Waals surface area contributed by atoms with Crippen molar-refractivity contribution in [3.63, 3.8) is 0 Å². The molecule has 0 spiro atoms. The summed E-state index contributed by atoms with van der Waals surface area (Å²) in [4.78, 5) is 22.5. The Morgan fingerprint density at radius 2 is 2.24 bits per heavy atom. The van der Waals surface area contributed by atoms with Crippen molar-refractivity contribution in [2.24, 2.45) is 0 Å². The van der Waals surface area contributed by atoms with Crippen LogP contribution in [0.25, 0.3) is 6.08 Å². The number of aromatic nitrogens is 2. The van der Waals surface area contributed by atoms with E-state index >= 15 is 0 Å². The third-order valence-electron chi connectivity index (χ3n) is 2.94. The lowest BCUT2D eigenvalue weighted by Gasteiger charge is -2.10. The normalized spacial score (nSPS) is 10.7. The largest absolute Gasteiger partial charge is 0.478 e. The minimum absolute atomic E-state index is 0.243. The van der Waals surface area contributed by atoms with Crippen LogP contribution in [0, 0.1) is 0 Å². The molecule has 1 aromatic carbocycles. The summed E-state index contributed by atoms with van der Waals surface area (Å²) in [5.74, 6) is -1.24. The third-order valence-corrected chi connectivity index (χ3v) is 2.94. The van der Waals surface area contributed by atoms with Gasteiger partial charge in [0.1, 0.15) is 0 Å². The smallest absolute Gasteiger partial charge is 0.328 e. The Kier molecular flexibility index (Phi) is 4.50. The molecule has 2 rings (SSSR count). The molecule has 1 aromatic heterocycles. The van der Waals surface area contributed by atoms with Crippen molar-refractivity contribution < 1.29 is 14.7 Å². The van der Waals surface area contributed by atoms with E-state index < -0.39 is 5.97 Å². The number of aryl methyl sites for hydroxylation is 1. The quantitative estimate of drug-likeness (QED) is 0.735. The summed E-state index contributed by atoms with van der Waals surface area (Å²) >= 11 is 0. The molecule has 0 bridgehead atoms. The molecular weight excluding hydrogens is 270 g/mol. The number of carboxylic acid groups (broad SMARTS) is 1. The molecule has 0 saturated heterocycles. The first-order chi connectivity index (χ1) is 10.1. The van der Waals surface area contributed by atoms with Crippen LogP contribution in [-0.2, 0) is 11.2 Å². The molecule has 6 heteroatoms. The second-order valence-corrected chi connectivity index (χ2v) is 4.38. The highest BCUT2D eigenvalue weighted by molar-refractivity contribution is 6.04. The fourth-order valence-electron chi connectivity index (χ4n) is 1.87. The van der Waals surface area contributed by atoms with E-state index in [1.54, 1.807) is 12.1 Å². The maximum atomic E-state index is 12.0. The first-order valence-corrected chi connectivity index (χ1v) is 6.44. The summed E-state index contributed by atoms with van der Waals surface area (Å²) in [6.07, 6.45) is 6.28. The predicted molar refractivity (Wildman–Crippen MR) is 79.0 cm³/mol. The lowest BCUT2D eigenvalue weighted by atomic mass is 10.1. The Balaban J connectivity index is 2.20. The number of carbonyl (C=O) groups excluding carboxylic acids is 1. The van der Waals surface area contributed by atoms with E-state index in [2.05, 4.69) is 15.5 Å². The molecule has 0 aliphatic heterocycles. The van der Waals surface area contributed by atoms with Gasteiger partial charge in [0.25, 0.3) is 5.91 Å². The second-order valence-electron chi connectivity index (χ2n) is 4.38. The number of anilines is 1. The molecule has 0 radical (unpaired) electrons. The molecule has 0 aliphatic rings. The number of H-pyrrole nitrogens is 1. The van der Waals surface area contributed by atoms with Gasteiger partial charge in [0, 0.05) is 18.0 Å². The first kappa shape index (κ1) is 14.5. The van der Waals surface area contributed by atoms with E-state index in [4.69, 9.17) is 5.11 Å². The van der Waals surface area contributed by atoms with Crippen LogP contribution in [0.1, 0.15) is 28.4 Å². The lowest BCUT2D eigenvalue weighted by molar-refractivity contribution is -0.131. The highest BCUT2D eigenvalue weighted by Gasteiger charge is 2.09. The van der Waals surface area contributed by atoms with E-state index in [1.165, 1.54) is 18.5 Å². The molecule has 108 valence electrons. The number of carboxylic acids is 1. The van der Waals surface area contributed by atoms with Gasteiger partial charge in [-0.15, -0.1) is 0 Å². The van der Waals surface area contributed by atoms with Gasteiger partial charge in [-0.3, -0.25) is 9.89 Å². The number of amides is 1. The fourth-order valence-corrected chi connectivity index (χ4v) is 1.87. The number of hydrogen-bond donors (Lipinski definition) is 3. The zero-order chi connectivity index (χ0) is 15.2. The summed E-state index contributed by atoms with van der Waals surface area (Å²) in [7, 11) is 0. The van der Waals surface area contributed by atoms with Gasteiger partial charge < -0.3 is 10.4 Å². The molecule has 6 nitrogen and oxygen atoms in total. The predicted octanol–water partition coefficient (Wildman–Crippen LogP) is 2.32. The van der Waals surface area contributed by atoms with E-state index in [9.17, 15) is 9.59 Å². The standard InChI is InChI=1S/C15H15N3O3/c1-2-11-7-10(4-6-14(19)20)3-5-13(11)18-15(21)12-8-16-17-9-12/h3-9H,2H2,1H3,(H,16,17)(H,18,21)(H,19,20)/b6-4+. The van der Waals surface area contributed by atoms with Gasteiger partial charge in [0.05, 0.1) is 11.8 Å². The molecule has 0 unspecified atom stereocenters. The van der Waals surface area contributed by atoms with Crippen molar-refractivity contribution in [2.75, 3.05) is 5.32 Å². The average Bonchev–Trinajstić information content (AvgIpc) is 3.00. The molecule has 2 aromatic rings. The average molecular weight is 285 g/mol. The number of aromatic amines is 1. The van der Waals surface area contributed by atoms with Crippen molar-refractivity contribution >= 4 is 23.6 Å². The van der Waals surface area contributed by atoms with E-state index in [0.717, 1.165) is 23.6 Å². The van der Waals surface area contributed by atoms with Gasteiger partial charge >= 0.3 is 5.97 Å². The van der Waals surface area contributed by atoms with Crippen molar-refractivity contribution in [2.45, 2.75) is 13.3 Å². The molecule has 0 atom stereocenters. The minimum atomic E-state index is -0.995. The molecule has 3 N–H and O–H groups in total. The Morgan fingerprint density at radius 3 is 2.86 bits per heavy atom. The second kappa shape index (κ2) is 6.51. The Bertz CT molecular complexity index is 675. The molecule has 0 fully saturated rings. The van der Waals surface area contributed by atoms with Crippen LogP contribution in [0.15, 0.2) is 36.7 Å². The zero-order valence-corrected chi connectivity index (χ0v) is 11.5. The Hall–Kier alpha value is -2.89. The van der Waals surface area contributed by atoms with Gasteiger partial charge in [-0.05, 0) is 35.8 Å². The highest BCUT2D eigenvalue weighted by atomic mass is 16.4. The SMILES string of the molecule is CCc1cc(/C=C/C(=O)O)ccc1NC(=O)c1cn[nH]c1. The summed E-state index contributed by atoms with van der Waals surface area (Å²) < 4.78 is 0. The Morgan fingerprint density at radius 1 is 1.43 bits per heavy atom. The number of benzene rings is 1. The van der Waals surface area contributed by atoms with Gasteiger partial charge in [-0.1, -0.05) is 13.0 Å². The lowest BCUT2D eigenvalue weighted by Crippen LogP contribution is -2.12. The zero-order valence-electron chi connectivity index (χ0n) is 11.5. The van der Waals surface area contributed by atoms with Crippen LogP contribution >= 0.6 is 0 Å². The van der Waals surface area contributed by atoms with Crippen LogP contribution in [0.5, 0.6) is 0 Å². The van der Waals surface area contributed by atoms with Gasteiger partial charge in [0.2, 0.25) is 0 Å². The number of nitrogens with zero attached hydrogens (tertiary/aromatic N) is 1. The molecule has 1 amide bonds. The van der Waals surface area contributed by atoms with Crippen molar-refractivity contribution in [1.29, 1.82) is 0 Å². The number of rotatable bonds is 5. The van der Waals surface area contributed by atoms with Gasteiger partial charge in [-0.25, -0.2) is 4.79 Å². The molecule has 1 heterocycles. The van der Waals surface area contributed by atoms with Crippen molar-refractivity contribution in [1.82, 2.24) is 10.2 Å². The van der Waals surface area contributed by atoms with E-state index in [-0.39, 0.29) is 5.91 Å². The summed E-state index contributed by atoms with van der Waals surface area (Å²) in [5.41, 5.74) is 2.86. The summed E-state index contributed by atoms with van der Waals surface area (Å²) in [5, 5.41) is 17.8. The van der Waals surface area contributed by atoms with Crippen LogP contribution in [-0.4, -0.2) is 27.2 Å².